The van der Waals surface area contributed by atoms with Gasteiger partial charge in [-0.05, 0) is 49.8 Å². The van der Waals surface area contributed by atoms with E-state index >= 15 is 0 Å². The number of hydrogen-bond acceptors (Lipinski definition) is 8. The predicted molar refractivity (Wildman–Crippen MR) is 133 cm³/mol. The summed E-state index contributed by atoms with van der Waals surface area (Å²) in [6, 6.07) is 5.00. The quantitative estimate of drug-likeness (QED) is 0.637. The van der Waals surface area contributed by atoms with Crippen LogP contribution in [0.3, 0.4) is 0 Å². The summed E-state index contributed by atoms with van der Waals surface area (Å²) in [5, 5.41) is 6.25. The number of morpholine rings is 1. The van der Waals surface area contributed by atoms with Gasteiger partial charge in [0, 0.05) is 24.0 Å². The first-order chi connectivity index (χ1) is 17.9. The molecule has 1 aromatic heterocycles. The Labute approximate surface area is 212 Å². The summed E-state index contributed by atoms with van der Waals surface area (Å²) in [5.74, 6) is -2.56. The number of fused-ring (bicyclic) bond motifs is 4. The van der Waals surface area contributed by atoms with Gasteiger partial charge in [0.05, 0.1) is 49.8 Å². The lowest BCUT2D eigenvalue weighted by Crippen LogP contribution is -2.47. The van der Waals surface area contributed by atoms with Crippen LogP contribution in [0.4, 0.5) is 36.3 Å². The van der Waals surface area contributed by atoms with E-state index in [1.807, 2.05) is 30.1 Å². The van der Waals surface area contributed by atoms with Crippen LogP contribution in [0.5, 0.6) is 0 Å². The minimum absolute atomic E-state index is 0.0705. The zero-order chi connectivity index (χ0) is 25.3. The number of nitrogens with zero attached hydrogens (tertiary/aromatic N) is 4. The second-order valence-electron chi connectivity index (χ2n) is 10.7. The van der Waals surface area contributed by atoms with E-state index in [-0.39, 0.29) is 23.8 Å². The molecule has 0 radical (unpaired) electrons. The Kier molecular flexibility index (Phi) is 5.21. The summed E-state index contributed by atoms with van der Waals surface area (Å²) in [6.07, 6.45) is 4.75. The van der Waals surface area contributed by atoms with Crippen LogP contribution in [0, 0.1) is 11.7 Å². The summed E-state index contributed by atoms with van der Waals surface area (Å²) in [6.45, 7) is 0.985. The van der Waals surface area contributed by atoms with Gasteiger partial charge in [-0.1, -0.05) is 0 Å². The SMILES string of the molecule is CN1CC2=C(N[C@@H](C3CC3)C(F)(F)CO2)c2cc(Nc3nc(N4C5CCC4COC5)ncc3F)ccc21. The lowest BCUT2D eigenvalue weighted by molar-refractivity contribution is -0.0833. The van der Waals surface area contributed by atoms with Crippen molar-refractivity contribution in [3.8, 4) is 0 Å². The van der Waals surface area contributed by atoms with Gasteiger partial charge in [0.2, 0.25) is 5.95 Å². The molecular formula is C26H29F3N6O2. The Bertz CT molecular complexity index is 1250. The third kappa shape index (κ3) is 3.94. The van der Waals surface area contributed by atoms with E-state index in [0.717, 1.165) is 36.9 Å². The highest BCUT2D eigenvalue weighted by Gasteiger charge is 2.51. The molecule has 2 unspecified atom stereocenters. The molecule has 5 heterocycles. The van der Waals surface area contributed by atoms with Gasteiger partial charge >= 0.3 is 5.92 Å². The number of likely N-dealkylation sites (N-methyl/N-ethyl adjacent to an activating group) is 1. The molecule has 5 aliphatic rings. The molecule has 0 amide bonds. The molecule has 3 atom stereocenters. The summed E-state index contributed by atoms with van der Waals surface area (Å²) >= 11 is 0. The van der Waals surface area contributed by atoms with E-state index in [1.54, 1.807) is 0 Å². The molecular weight excluding hydrogens is 485 g/mol. The van der Waals surface area contributed by atoms with Crippen LogP contribution in [0.2, 0.25) is 0 Å². The summed E-state index contributed by atoms with van der Waals surface area (Å²) < 4.78 is 55.9. The molecule has 7 rings (SSSR count). The van der Waals surface area contributed by atoms with Crippen molar-refractivity contribution >= 4 is 28.8 Å². The monoisotopic (exact) mass is 514 g/mol. The summed E-state index contributed by atoms with van der Waals surface area (Å²) in [7, 11) is 1.90. The largest absolute Gasteiger partial charge is 0.487 e. The Hall–Kier alpha value is -3.21. The van der Waals surface area contributed by atoms with Gasteiger partial charge in [0.1, 0.15) is 5.76 Å². The fourth-order valence-electron chi connectivity index (χ4n) is 6.04. The number of benzene rings is 1. The maximum absolute atomic E-state index is 14.9. The second kappa shape index (κ2) is 8.41. The van der Waals surface area contributed by atoms with Crippen molar-refractivity contribution in [3.63, 3.8) is 0 Å². The zero-order valence-electron chi connectivity index (χ0n) is 20.5. The van der Waals surface area contributed by atoms with E-state index in [2.05, 4.69) is 25.5 Å². The van der Waals surface area contributed by atoms with Crippen molar-refractivity contribution in [2.75, 3.05) is 48.5 Å². The normalized spacial score (nSPS) is 28.2. The Balaban J connectivity index is 1.21. The van der Waals surface area contributed by atoms with Crippen LogP contribution in [0.15, 0.2) is 30.2 Å². The fraction of sp³-hybridized carbons (Fsp3) is 0.538. The number of hydrogen-bond donors (Lipinski definition) is 2. The smallest absolute Gasteiger partial charge is 0.301 e. The predicted octanol–water partition coefficient (Wildman–Crippen LogP) is 3.88. The van der Waals surface area contributed by atoms with Crippen LogP contribution in [0.25, 0.3) is 5.70 Å². The molecule has 2 bridgehead atoms. The number of aromatic nitrogens is 2. The van der Waals surface area contributed by atoms with Crippen LogP contribution in [0.1, 0.15) is 31.2 Å². The highest BCUT2D eigenvalue weighted by atomic mass is 19.3. The molecule has 11 heteroatoms. The zero-order valence-corrected chi connectivity index (χ0v) is 20.5. The first kappa shape index (κ1) is 22.9. The minimum atomic E-state index is -2.97. The van der Waals surface area contributed by atoms with Gasteiger partial charge < -0.3 is 29.9 Å². The summed E-state index contributed by atoms with van der Waals surface area (Å²) in [4.78, 5) is 12.9. The lowest BCUT2D eigenvalue weighted by Gasteiger charge is -2.34. The molecule has 1 saturated carbocycles. The molecule has 37 heavy (non-hydrogen) atoms. The van der Waals surface area contributed by atoms with Gasteiger partial charge in [0.15, 0.2) is 18.2 Å². The number of ether oxygens (including phenoxy) is 2. The molecule has 8 nitrogen and oxygen atoms in total. The number of rotatable bonds is 4. The number of halogens is 3. The van der Waals surface area contributed by atoms with Crippen molar-refractivity contribution in [1.82, 2.24) is 15.3 Å². The maximum Gasteiger partial charge on any atom is 0.301 e. The van der Waals surface area contributed by atoms with Crippen LogP contribution in [-0.2, 0) is 9.47 Å². The van der Waals surface area contributed by atoms with Crippen molar-refractivity contribution < 1.29 is 22.6 Å². The van der Waals surface area contributed by atoms with E-state index < -0.39 is 24.4 Å². The third-order valence-corrected chi connectivity index (χ3v) is 8.09. The van der Waals surface area contributed by atoms with E-state index in [0.29, 0.717) is 42.9 Å². The molecule has 2 aromatic rings. The summed E-state index contributed by atoms with van der Waals surface area (Å²) in [5.41, 5.74) is 2.79. The third-order valence-electron chi connectivity index (χ3n) is 8.09. The van der Waals surface area contributed by atoms with E-state index in [1.165, 1.54) is 6.20 Å². The Morgan fingerprint density at radius 1 is 1.14 bits per heavy atom. The average molecular weight is 515 g/mol. The number of nitrogens with one attached hydrogen (secondary N) is 2. The molecule has 0 spiro atoms. The lowest BCUT2D eigenvalue weighted by atomic mass is 10.00. The van der Waals surface area contributed by atoms with Gasteiger partial charge in [0.25, 0.3) is 0 Å². The van der Waals surface area contributed by atoms with E-state index in [4.69, 9.17) is 9.47 Å². The van der Waals surface area contributed by atoms with Crippen molar-refractivity contribution in [1.29, 1.82) is 0 Å². The molecule has 2 N–H and O–H groups in total. The molecule has 1 aliphatic carbocycles. The number of alkyl halides is 2. The molecule has 196 valence electrons. The van der Waals surface area contributed by atoms with Crippen LogP contribution < -0.4 is 20.4 Å². The maximum atomic E-state index is 14.9. The second-order valence-corrected chi connectivity index (χ2v) is 10.7. The highest BCUT2D eigenvalue weighted by molar-refractivity contribution is 5.83. The molecule has 2 saturated heterocycles. The highest BCUT2D eigenvalue weighted by Crippen LogP contribution is 2.45. The average Bonchev–Trinajstić information content (AvgIpc) is 3.69. The standard InChI is InChI=1S/C26H29F3N6O2/c1-34-10-21-22(32-23(14-2-3-14)26(28,29)13-37-21)18-8-15(4-7-20(18)34)31-24-19(27)9-30-25(33-24)35-16-5-6-17(35)12-36-11-16/h4,7-9,14,16-17,23,32H,2-3,5-6,10-13H2,1H3,(H,30,31,33)/t16?,17?,23-/m0/s1. The van der Waals surface area contributed by atoms with Gasteiger partial charge in [-0.2, -0.15) is 4.98 Å². The van der Waals surface area contributed by atoms with Crippen LogP contribution >= 0.6 is 0 Å². The minimum Gasteiger partial charge on any atom is -0.487 e. The molecule has 4 aliphatic heterocycles. The van der Waals surface area contributed by atoms with Crippen LogP contribution in [-0.4, -0.2) is 67.4 Å². The fourth-order valence-corrected chi connectivity index (χ4v) is 6.04. The van der Waals surface area contributed by atoms with Gasteiger partial charge in [-0.25, -0.2) is 18.2 Å². The van der Waals surface area contributed by atoms with Crippen molar-refractivity contribution in [2.24, 2.45) is 5.92 Å². The first-order valence-corrected chi connectivity index (χ1v) is 12.9. The van der Waals surface area contributed by atoms with Gasteiger partial charge in [-0.15, -0.1) is 0 Å². The number of anilines is 4. The van der Waals surface area contributed by atoms with Gasteiger partial charge in [-0.3, -0.25) is 0 Å². The van der Waals surface area contributed by atoms with Crippen molar-refractivity contribution in [2.45, 2.75) is 49.7 Å². The van der Waals surface area contributed by atoms with E-state index in [9.17, 15) is 13.2 Å². The topological polar surface area (TPSA) is 74.8 Å². The Morgan fingerprint density at radius 3 is 2.68 bits per heavy atom. The van der Waals surface area contributed by atoms with Crippen molar-refractivity contribution in [3.05, 3.63) is 41.5 Å². The first-order valence-electron chi connectivity index (χ1n) is 12.9. The molecule has 3 fully saturated rings. The Morgan fingerprint density at radius 2 is 1.92 bits per heavy atom. The molecule has 1 aromatic carbocycles.